The number of nitrogens with zero attached hydrogens (tertiary/aromatic N) is 2. The minimum absolute atomic E-state index is 0. The number of para-hydroxylation sites is 1. The summed E-state index contributed by atoms with van der Waals surface area (Å²) >= 11 is 0. The molecule has 6 N–H and O–H groups in total. The van der Waals surface area contributed by atoms with E-state index in [1.807, 2.05) is 0 Å². The van der Waals surface area contributed by atoms with Crippen molar-refractivity contribution in [2.24, 2.45) is 15.3 Å². The topological polar surface area (TPSA) is 209 Å². The molecule has 0 spiro atoms. The van der Waals surface area contributed by atoms with Crippen LogP contribution < -0.4 is 20.7 Å². The molecule has 16 heteroatoms. The number of sulfonamides is 2. The predicted molar refractivity (Wildman–Crippen MR) is 153 cm³/mol. The zero-order valence-corrected chi connectivity index (χ0v) is 23.8. The second-order valence-corrected chi connectivity index (χ2v) is 11.6. The number of ketones is 1. The molecule has 0 fully saturated rings. The van der Waals surface area contributed by atoms with Crippen molar-refractivity contribution < 1.29 is 48.6 Å². The second kappa shape index (κ2) is 13.4. The second-order valence-electron chi connectivity index (χ2n) is 8.32. The molecule has 0 bridgehead atoms. The number of rotatable bonds is 9. The number of amidine groups is 1. The van der Waals surface area contributed by atoms with Crippen LogP contribution in [0.3, 0.4) is 0 Å². The van der Waals surface area contributed by atoms with Gasteiger partial charge in [-0.05, 0) is 48.6 Å². The molecule has 1 radical (unpaired) electrons. The SMILES string of the molecule is NS(=O)(=O)c1cccc(NS(=O)(=O)C2=C/C(=N\N=C(/NNc3ccccc3C(=O)O)c3ccccc3)C(=O)C=C2)c1.[Cu]. The van der Waals surface area contributed by atoms with Crippen LogP contribution in [-0.2, 0) is 41.9 Å². The number of anilines is 2. The Morgan fingerprint density at radius 2 is 1.57 bits per heavy atom. The average Bonchev–Trinajstić information content (AvgIpc) is 2.94. The van der Waals surface area contributed by atoms with Gasteiger partial charge in [-0.1, -0.05) is 48.5 Å². The first-order chi connectivity index (χ1) is 19.4. The number of hydrogen-bond acceptors (Lipinski definition) is 9. The van der Waals surface area contributed by atoms with Gasteiger partial charge in [0.2, 0.25) is 15.8 Å². The number of benzene rings is 3. The summed E-state index contributed by atoms with van der Waals surface area (Å²) in [6, 6.07) is 19.6. The smallest absolute Gasteiger partial charge is 0.337 e. The van der Waals surface area contributed by atoms with E-state index in [4.69, 9.17) is 5.14 Å². The van der Waals surface area contributed by atoms with Gasteiger partial charge in [0.05, 0.1) is 26.7 Å². The molecular formula is C26H22CuN6O7S2. The van der Waals surface area contributed by atoms with Gasteiger partial charge in [-0.3, -0.25) is 20.4 Å². The number of carbonyl (C=O) groups excluding carboxylic acids is 1. The number of aromatic carboxylic acids is 1. The number of allylic oxidation sites excluding steroid dienone is 3. The van der Waals surface area contributed by atoms with E-state index in [1.54, 1.807) is 42.5 Å². The fourth-order valence-electron chi connectivity index (χ4n) is 3.45. The van der Waals surface area contributed by atoms with Crippen LogP contribution >= 0.6 is 0 Å². The molecule has 0 saturated carbocycles. The van der Waals surface area contributed by atoms with E-state index >= 15 is 0 Å². The summed E-state index contributed by atoms with van der Waals surface area (Å²) in [6.07, 6.45) is 3.08. The van der Waals surface area contributed by atoms with Gasteiger partial charge in [0.15, 0.2) is 5.84 Å². The molecule has 13 nitrogen and oxygen atoms in total. The number of nitrogens with one attached hydrogen (secondary N) is 3. The molecule has 221 valence electrons. The molecule has 0 saturated heterocycles. The molecule has 0 aromatic heterocycles. The van der Waals surface area contributed by atoms with E-state index in [0.717, 1.165) is 24.3 Å². The number of carboxylic acid groups (broad SMARTS) is 1. The third-order valence-electron chi connectivity index (χ3n) is 5.43. The fraction of sp³-hybridized carbons (Fsp3) is 0. The molecule has 0 heterocycles. The summed E-state index contributed by atoms with van der Waals surface area (Å²) in [5.41, 5.74) is 5.91. The van der Waals surface area contributed by atoms with Crippen LogP contribution in [0, 0.1) is 0 Å². The van der Waals surface area contributed by atoms with Crippen molar-refractivity contribution in [3.05, 3.63) is 113 Å². The number of nitrogens with two attached hydrogens (primary N) is 1. The van der Waals surface area contributed by atoms with E-state index in [9.17, 15) is 31.5 Å². The van der Waals surface area contributed by atoms with Gasteiger partial charge in [0.1, 0.15) is 5.71 Å². The Bertz CT molecular complexity index is 1860. The van der Waals surface area contributed by atoms with Crippen molar-refractivity contribution in [1.82, 2.24) is 5.43 Å². The Balaban J connectivity index is 0.00000484. The van der Waals surface area contributed by atoms with Crippen LogP contribution in [-0.4, -0.2) is 45.2 Å². The number of hydrogen-bond donors (Lipinski definition) is 5. The largest absolute Gasteiger partial charge is 0.478 e. The molecular weight excluding hydrogens is 636 g/mol. The normalized spacial score (nSPS) is 14.5. The standard InChI is InChI=1S/C26H22N6O7S2.Cu/c27-40(36,37)19-10-6-9-18(15-19)32-41(38,39)20-13-14-24(33)23(16-20)29-31-25(17-7-2-1-3-8-17)30-28-22-12-5-4-11-21(22)26(34)35;/h1-16,28,32H,(H,30,31)(H,34,35)(H2,27,36,37);/b29-23+;. The number of carboxylic acids is 1. The van der Waals surface area contributed by atoms with Crippen LogP contribution in [0.15, 0.2) is 117 Å². The van der Waals surface area contributed by atoms with Gasteiger partial charge < -0.3 is 5.11 Å². The summed E-state index contributed by atoms with van der Waals surface area (Å²) in [6.45, 7) is 0. The van der Waals surface area contributed by atoms with E-state index in [1.165, 1.54) is 30.3 Å². The van der Waals surface area contributed by atoms with Crippen molar-refractivity contribution in [3.63, 3.8) is 0 Å². The zero-order chi connectivity index (χ0) is 29.6. The fourth-order valence-corrected chi connectivity index (χ4v) is 5.08. The Morgan fingerprint density at radius 1 is 0.881 bits per heavy atom. The van der Waals surface area contributed by atoms with Gasteiger partial charge in [-0.25, -0.2) is 26.8 Å². The first-order valence-electron chi connectivity index (χ1n) is 11.6. The number of carbonyl (C=O) groups is 2. The number of hydrazine groups is 1. The summed E-state index contributed by atoms with van der Waals surface area (Å²) in [7, 11) is -8.35. The maximum atomic E-state index is 13.0. The maximum Gasteiger partial charge on any atom is 0.337 e. The Kier molecular flexibility index (Phi) is 10.2. The van der Waals surface area contributed by atoms with Crippen LogP contribution in [0.4, 0.5) is 11.4 Å². The summed E-state index contributed by atoms with van der Waals surface area (Å²) in [4.78, 5) is 23.4. The summed E-state index contributed by atoms with van der Waals surface area (Å²) in [5.74, 6) is -1.69. The monoisotopic (exact) mass is 657 g/mol. The van der Waals surface area contributed by atoms with Crippen LogP contribution in [0.2, 0.25) is 0 Å². The minimum atomic E-state index is -4.28. The molecule has 1 aliphatic carbocycles. The van der Waals surface area contributed by atoms with Crippen molar-refractivity contribution in [2.45, 2.75) is 4.90 Å². The van der Waals surface area contributed by atoms with E-state index < -0.39 is 31.8 Å². The molecule has 1 aliphatic rings. The van der Waals surface area contributed by atoms with Crippen molar-refractivity contribution in [1.29, 1.82) is 0 Å². The summed E-state index contributed by atoms with van der Waals surface area (Å²) in [5, 5.41) is 22.6. The molecule has 3 aromatic carbocycles. The van der Waals surface area contributed by atoms with E-state index in [2.05, 4.69) is 25.8 Å². The molecule has 0 amide bonds. The predicted octanol–water partition coefficient (Wildman–Crippen LogP) is 2.21. The molecule has 0 atom stereocenters. The molecule has 0 unspecified atom stereocenters. The Hall–Kier alpha value is -4.60. The minimum Gasteiger partial charge on any atom is -0.478 e. The first kappa shape index (κ1) is 31.9. The first-order valence-corrected chi connectivity index (χ1v) is 14.6. The van der Waals surface area contributed by atoms with Gasteiger partial charge in [-0.15, -0.1) is 10.2 Å². The van der Waals surface area contributed by atoms with Crippen molar-refractivity contribution in [3.8, 4) is 0 Å². The van der Waals surface area contributed by atoms with Gasteiger partial charge in [-0.2, -0.15) is 0 Å². The molecule has 0 aliphatic heterocycles. The molecule has 3 aromatic rings. The average molecular weight is 658 g/mol. The third kappa shape index (κ3) is 7.99. The number of primary sulfonamides is 1. The molecule has 4 rings (SSSR count). The van der Waals surface area contributed by atoms with E-state index in [0.29, 0.717) is 5.56 Å². The Labute approximate surface area is 251 Å². The quantitative estimate of drug-likeness (QED) is 0.0750. The van der Waals surface area contributed by atoms with Crippen molar-refractivity contribution in [2.75, 3.05) is 10.1 Å². The van der Waals surface area contributed by atoms with E-state index in [-0.39, 0.29) is 55.4 Å². The Morgan fingerprint density at radius 3 is 2.26 bits per heavy atom. The van der Waals surface area contributed by atoms with Crippen LogP contribution in [0.5, 0.6) is 0 Å². The van der Waals surface area contributed by atoms with Crippen molar-refractivity contribution >= 4 is 54.7 Å². The van der Waals surface area contributed by atoms with Crippen LogP contribution in [0.1, 0.15) is 15.9 Å². The van der Waals surface area contributed by atoms with Gasteiger partial charge >= 0.3 is 5.97 Å². The molecule has 42 heavy (non-hydrogen) atoms. The van der Waals surface area contributed by atoms with Gasteiger partial charge in [0.25, 0.3) is 10.0 Å². The zero-order valence-electron chi connectivity index (χ0n) is 21.2. The summed E-state index contributed by atoms with van der Waals surface area (Å²) < 4.78 is 51.4. The van der Waals surface area contributed by atoms with Crippen LogP contribution in [0.25, 0.3) is 0 Å². The third-order valence-corrected chi connectivity index (χ3v) is 7.72. The van der Waals surface area contributed by atoms with Gasteiger partial charge in [0, 0.05) is 22.6 Å². The maximum absolute atomic E-state index is 13.0.